The van der Waals surface area contributed by atoms with E-state index in [0.29, 0.717) is 24.0 Å². The normalized spacial score (nSPS) is 22.3. The summed E-state index contributed by atoms with van der Waals surface area (Å²) in [7, 11) is 2.15. The molecule has 4 rings (SSSR count). The fourth-order valence-electron chi connectivity index (χ4n) is 4.79. The molecule has 0 N–H and O–H groups in total. The molecule has 2 saturated heterocycles. The van der Waals surface area contributed by atoms with E-state index in [9.17, 15) is 9.18 Å². The van der Waals surface area contributed by atoms with E-state index in [0.717, 1.165) is 56.1 Å². The maximum absolute atomic E-state index is 13.3. The van der Waals surface area contributed by atoms with Gasteiger partial charge >= 0.3 is 0 Å². The van der Waals surface area contributed by atoms with Crippen molar-refractivity contribution < 1.29 is 13.9 Å². The maximum atomic E-state index is 13.3. The molecular formula is C27H34ClFN4O2. The van der Waals surface area contributed by atoms with Crippen LogP contribution in [-0.4, -0.2) is 84.1 Å². The molecule has 0 spiro atoms. The van der Waals surface area contributed by atoms with Crippen LogP contribution >= 0.6 is 11.6 Å². The second-order valence-electron chi connectivity index (χ2n) is 9.64. The molecule has 188 valence electrons. The molecule has 0 bridgehead atoms. The highest BCUT2D eigenvalue weighted by Gasteiger charge is 2.34. The summed E-state index contributed by atoms with van der Waals surface area (Å²) in [5, 5.41) is 0.698. The lowest BCUT2D eigenvalue weighted by Crippen LogP contribution is -2.55. The zero-order chi connectivity index (χ0) is 24.9. The van der Waals surface area contributed by atoms with E-state index in [4.69, 9.17) is 16.3 Å². The number of carbonyl (C=O) groups excluding carboxylic acids is 1. The molecule has 35 heavy (non-hydrogen) atoms. The Kier molecular flexibility index (Phi) is 8.47. The summed E-state index contributed by atoms with van der Waals surface area (Å²) >= 11 is 6.31. The van der Waals surface area contributed by atoms with Crippen LogP contribution in [0.15, 0.2) is 48.2 Å². The van der Waals surface area contributed by atoms with Gasteiger partial charge in [-0.2, -0.15) is 0 Å². The van der Waals surface area contributed by atoms with Crippen molar-refractivity contribution in [3.63, 3.8) is 0 Å². The first-order chi connectivity index (χ1) is 16.8. The van der Waals surface area contributed by atoms with Crippen molar-refractivity contribution >= 4 is 17.5 Å². The zero-order valence-corrected chi connectivity index (χ0v) is 21.5. The standard InChI is InChI=1S/C27H34ClFN4O2/c1-20-15-32(21(2)26(18-34)33(20)16-22-4-7-25(29)8-5-22)19-35-27-9-6-24(28)14-23(27)17-31-12-10-30(3)11-13-31/h4-9,14,20-21H,10-13,15-17,19H2,1-3H3/t20-,21+/m0/s1. The number of ether oxygens (including phenoxy) is 1. The summed E-state index contributed by atoms with van der Waals surface area (Å²) in [6, 6.07) is 12.1. The summed E-state index contributed by atoms with van der Waals surface area (Å²) in [5.74, 6) is 2.72. The second-order valence-corrected chi connectivity index (χ2v) is 10.1. The second kappa shape index (κ2) is 11.5. The van der Waals surface area contributed by atoms with Crippen LogP contribution in [0.1, 0.15) is 25.0 Å². The van der Waals surface area contributed by atoms with Gasteiger partial charge in [0.05, 0.1) is 6.04 Å². The van der Waals surface area contributed by atoms with Crippen LogP contribution in [0.2, 0.25) is 5.02 Å². The number of rotatable bonds is 7. The Bertz CT molecular complexity index is 1050. The number of hydrogen-bond acceptors (Lipinski definition) is 6. The summed E-state index contributed by atoms with van der Waals surface area (Å²) in [6.45, 7) is 10.6. The number of benzene rings is 2. The minimum absolute atomic E-state index is 0.0753. The van der Waals surface area contributed by atoms with Crippen LogP contribution in [0.4, 0.5) is 4.39 Å². The van der Waals surface area contributed by atoms with E-state index in [1.54, 1.807) is 12.1 Å². The molecule has 2 aromatic rings. The van der Waals surface area contributed by atoms with Gasteiger partial charge in [0.25, 0.3) is 0 Å². The average Bonchev–Trinajstić information content (AvgIpc) is 2.84. The monoisotopic (exact) mass is 500 g/mol. The third kappa shape index (κ3) is 6.43. The highest BCUT2D eigenvalue weighted by molar-refractivity contribution is 6.30. The van der Waals surface area contributed by atoms with Crippen molar-refractivity contribution in [1.82, 2.24) is 19.6 Å². The summed E-state index contributed by atoms with van der Waals surface area (Å²) < 4.78 is 19.6. The Morgan fingerprint density at radius 3 is 2.46 bits per heavy atom. The van der Waals surface area contributed by atoms with Crippen molar-refractivity contribution in [3.8, 4) is 5.75 Å². The molecule has 0 unspecified atom stereocenters. The Morgan fingerprint density at radius 2 is 1.77 bits per heavy atom. The van der Waals surface area contributed by atoms with E-state index in [2.05, 4.69) is 39.5 Å². The highest BCUT2D eigenvalue weighted by Crippen LogP contribution is 2.28. The van der Waals surface area contributed by atoms with Crippen LogP contribution in [0.25, 0.3) is 0 Å². The first-order valence-electron chi connectivity index (χ1n) is 12.2. The topological polar surface area (TPSA) is 39.3 Å². The molecule has 0 saturated carbocycles. The quantitative estimate of drug-likeness (QED) is 0.537. The Labute approximate surface area is 212 Å². The fraction of sp³-hybridized carbons (Fsp3) is 0.481. The molecule has 0 amide bonds. The molecule has 2 aliphatic rings. The van der Waals surface area contributed by atoms with E-state index >= 15 is 0 Å². The van der Waals surface area contributed by atoms with Crippen molar-refractivity contribution in [2.75, 3.05) is 46.5 Å². The van der Waals surface area contributed by atoms with Crippen LogP contribution in [-0.2, 0) is 17.9 Å². The molecule has 0 aliphatic carbocycles. The van der Waals surface area contributed by atoms with E-state index in [1.165, 1.54) is 12.1 Å². The molecule has 2 fully saturated rings. The minimum Gasteiger partial charge on any atom is -0.478 e. The van der Waals surface area contributed by atoms with Gasteiger partial charge in [-0.25, -0.2) is 9.18 Å². The first-order valence-corrected chi connectivity index (χ1v) is 12.5. The molecule has 2 aliphatic heterocycles. The van der Waals surface area contributed by atoms with Gasteiger partial charge in [0.15, 0.2) is 0 Å². The molecule has 2 aromatic carbocycles. The SMILES string of the molecule is C[C@@H]1C(=C=O)N(Cc2ccc(F)cc2)[C@@H](C)CN1COc1ccc(Cl)cc1CN1CCN(C)CC1. The lowest BCUT2D eigenvalue weighted by atomic mass is 10.0. The third-order valence-electron chi connectivity index (χ3n) is 7.05. The molecule has 6 nitrogen and oxygen atoms in total. The molecule has 2 atom stereocenters. The van der Waals surface area contributed by atoms with Gasteiger partial charge in [0.2, 0.25) is 0 Å². The van der Waals surface area contributed by atoms with Gasteiger partial charge in [-0.15, -0.1) is 0 Å². The maximum Gasteiger partial charge on any atom is 0.147 e. The predicted molar refractivity (Wildman–Crippen MR) is 137 cm³/mol. The molecular weight excluding hydrogens is 467 g/mol. The zero-order valence-electron chi connectivity index (χ0n) is 20.7. The minimum atomic E-state index is -0.266. The number of piperazine rings is 2. The van der Waals surface area contributed by atoms with Gasteiger partial charge in [0.1, 0.15) is 29.9 Å². The van der Waals surface area contributed by atoms with Crippen LogP contribution in [0.3, 0.4) is 0 Å². The van der Waals surface area contributed by atoms with Crippen molar-refractivity contribution in [2.24, 2.45) is 0 Å². The molecule has 8 heteroatoms. The number of nitrogens with zero attached hydrogens (tertiary/aromatic N) is 4. The van der Waals surface area contributed by atoms with Crippen molar-refractivity contribution in [1.29, 1.82) is 0 Å². The summed E-state index contributed by atoms with van der Waals surface area (Å²) in [4.78, 5) is 20.9. The highest BCUT2D eigenvalue weighted by atomic mass is 35.5. The Balaban J connectivity index is 1.42. The van der Waals surface area contributed by atoms with Gasteiger partial charge < -0.3 is 14.5 Å². The third-order valence-corrected chi connectivity index (χ3v) is 7.29. The van der Waals surface area contributed by atoms with E-state index < -0.39 is 0 Å². The Hall–Kier alpha value is -2.41. The summed E-state index contributed by atoms with van der Waals surface area (Å²) in [6.07, 6.45) is 0. The van der Waals surface area contributed by atoms with Crippen molar-refractivity contribution in [3.05, 3.63) is 70.1 Å². The smallest absolute Gasteiger partial charge is 0.147 e. The van der Waals surface area contributed by atoms with Gasteiger partial charge in [-0.3, -0.25) is 9.80 Å². The number of hydrogen-bond donors (Lipinski definition) is 0. The van der Waals surface area contributed by atoms with Crippen LogP contribution < -0.4 is 4.74 Å². The van der Waals surface area contributed by atoms with Gasteiger partial charge in [-0.1, -0.05) is 23.7 Å². The molecule has 0 aromatic heterocycles. The van der Waals surface area contributed by atoms with Crippen LogP contribution in [0.5, 0.6) is 5.75 Å². The number of halogens is 2. The fourth-order valence-corrected chi connectivity index (χ4v) is 4.99. The first kappa shape index (κ1) is 25.7. The lowest BCUT2D eigenvalue weighted by molar-refractivity contribution is 0.0278. The Morgan fingerprint density at radius 1 is 1.06 bits per heavy atom. The molecule has 2 heterocycles. The largest absolute Gasteiger partial charge is 0.478 e. The summed E-state index contributed by atoms with van der Waals surface area (Å²) in [5.41, 5.74) is 2.62. The lowest BCUT2D eigenvalue weighted by Gasteiger charge is -2.45. The average molecular weight is 501 g/mol. The van der Waals surface area contributed by atoms with Crippen molar-refractivity contribution in [2.45, 2.75) is 39.0 Å². The van der Waals surface area contributed by atoms with E-state index in [-0.39, 0.29) is 17.9 Å². The van der Waals surface area contributed by atoms with Crippen LogP contribution in [0, 0.1) is 5.82 Å². The predicted octanol–water partition coefficient (Wildman–Crippen LogP) is 3.87. The number of likely N-dealkylation sites (N-methyl/N-ethyl adjacent to an activating group) is 1. The molecule has 0 radical (unpaired) electrons. The van der Waals surface area contributed by atoms with Gasteiger partial charge in [0, 0.05) is 62.4 Å². The van der Waals surface area contributed by atoms with E-state index in [1.807, 2.05) is 25.1 Å². The van der Waals surface area contributed by atoms with Gasteiger partial charge in [-0.05, 0) is 56.8 Å².